The van der Waals surface area contributed by atoms with Crippen LogP contribution in [0.3, 0.4) is 0 Å². The Bertz CT molecular complexity index is 315. The van der Waals surface area contributed by atoms with Gasteiger partial charge in [-0.25, -0.2) is 0 Å². The van der Waals surface area contributed by atoms with Crippen LogP contribution in [0.1, 0.15) is 31.4 Å². The standard InChI is InChI=1S/C12H19N3O/c1-2-10(13-6-1)8-15(12-3-4-12)9-11-5-7-16-14-11/h5,7,10,12-13H,1-4,6,8-9H2. The van der Waals surface area contributed by atoms with Crippen molar-refractivity contribution in [3.8, 4) is 0 Å². The molecule has 0 aromatic carbocycles. The molecule has 0 radical (unpaired) electrons. The lowest BCUT2D eigenvalue weighted by molar-refractivity contribution is 0.224. The first-order valence-corrected chi connectivity index (χ1v) is 6.28. The summed E-state index contributed by atoms with van der Waals surface area (Å²) < 4.78 is 4.89. The molecule has 1 aromatic heterocycles. The van der Waals surface area contributed by atoms with E-state index in [2.05, 4.69) is 15.4 Å². The molecule has 2 heterocycles. The maximum atomic E-state index is 4.89. The van der Waals surface area contributed by atoms with Gasteiger partial charge in [0, 0.05) is 31.2 Å². The molecule has 1 unspecified atom stereocenters. The van der Waals surface area contributed by atoms with E-state index in [1.807, 2.05) is 6.07 Å². The molecule has 1 N–H and O–H groups in total. The minimum absolute atomic E-state index is 0.688. The zero-order valence-corrected chi connectivity index (χ0v) is 9.56. The number of nitrogens with zero attached hydrogens (tertiary/aromatic N) is 2. The van der Waals surface area contributed by atoms with Gasteiger partial charge in [0.15, 0.2) is 0 Å². The van der Waals surface area contributed by atoms with Crippen LogP contribution in [0.2, 0.25) is 0 Å². The lowest BCUT2D eigenvalue weighted by Crippen LogP contribution is -2.38. The molecule has 16 heavy (non-hydrogen) atoms. The maximum absolute atomic E-state index is 4.89. The molecule has 1 saturated carbocycles. The molecule has 1 atom stereocenters. The minimum Gasteiger partial charge on any atom is -0.364 e. The Morgan fingerprint density at radius 2 is 2.38 bits per heavy atom. The van der Waals surface area contributed by atoms with Gasteiger partial charge in [0.05, 0.1) is 5.69 Å². The topological polar surface area (TPSA) is 41.3 Å². The molecular weight excluding hydrogens is 202 g/mol. The SMILES string of the molecule is c1cc(CN(CC2CCCN2)C2CC2)no1. The molecule has 1 aliphatic carbocycles. The second kappa shape index (κ2) is 4.55. The van der Waals surface area contributed by atoms with Gasteiger partial charge in [0.25, 0.3) is 0 Å². The quantitative estimate of drug-likeness (QED) is 0.816. The zero-order valence-electron chi connectivity index (χ0n) is 9.56. The van der Waals surface area contributed by atoms with Gasteiger partial charge in [-0.05, 0) is 32.2 Å². The molecule has 1 aromatic rings. The Labute approximate surface area is 96.0 Å². The average molecular weight is 221 g/mol. The van der Waals surface area contributed by atoms with Crippen LogP contribution in [0, 0.1) is 0 Å². The van der Waals surface area contributed by atoms with Crippen LogP contribution >= 0.6 is 0 Å². The van der Waals surface area contributed by atoms with Crippen LogP contribution in [0.5, 0.6) is 0 Å². The normalized spacial score (nSPS) is 25.4. The Morgan fingerprint density at radius 3 is 3.00 bits per heavy atom. The highest BCUT2D eigenvalue weighted by atomic mass is 16.5. The van der Waals surface area contributed by atoms with E-state index >= 15 is 0 Å². The highest BCUT2D eigenvalue weighted by Crippen LogP contribution is 2.28. The van der Waals surface area contributed by atoms with Crippen LogP contribution in [-0.2, 0) is 6.54 Å². The number of hydrogen-bond donors (Lipinski definition) is 1. The highest BCUT2D eigenvalue weighted by molar-refractivity contribution is 4.98. The third-order valence-corrected chi connectivity index (χ3v) is 3.54. The highest BCUT2D eigenvalue weighted by Gasteiger charge is 2.31. The Hall–Kier alpha value is -0.870. The molecule has 3 rings (SSSR count). The molecule has 0 bridgehead atoms. The number of aromatic nitrogens is 1. The van der Waals surface area contributed by atoms with Crippen LogP contribution in [0.4, 0.5) is 0 Å². The first-order valence-electron chi connectivity index (χ1n) is 6.28. The van der Waals surface area contributed by atoms with E-state index in [1.165, 1.54) is 32.2 Å². The van der Waals surface area contributed by atoms with Crippen molar-refractivity contribution in [3.05, 3.63) is 18.0 Å². The van der Waals surface area contributed by atoms with Crippen molar-refractivity contribution in [1.29, 1.82) is 0 Å². The molecule has 0 amide bonds. The van der Waals surface area contributed by atoms with Gasteiger partial charge < -0.3 is 9.84 Å². The summed E-state index contributed by atoms with van der Waals surface area (Å²) >= 11 is 0. The van der Waals surface area contributed by atoms with E-state index in [1.54, 1.807) is 6.26 Å². The number of nitrogens with one attached hydrogen (secondary N) is 1. The molecule has 2 fully saturated rings. The lowest BCUT2D eigenvalue weighted by atomic mass is 10.2. The predicted molar refractivity (Wildman–Crippen MR) is 61.0 cm³/mol. The number of hydrogen-bond acceptors (Lipinski definition) is 4. The van der Waals surface area contributed by atoms with Crippen LogP contribution in [0.15, 0.2) is 16.9 Å². The predicted octanol–water partition coefficient (Wildman–Crippen LogP) is 1.39. The Morgan fingerprint density at radius 1 is 1.44 bits per heavy atom. The Kier molecular flexibility index (Phi) is 2.93. The fraction of sp³-hybridized carbons (Fsp3) is 0.750. The summed E-state index contributed by atoms with van der Waals surface area (Å²) in [6, 6.07) is 3.45. The minimum atomic E-state index is 0.688. The van der Waals surface area contributed by atoms with Gasteiger partial charge in [-0.3, -0.25) is 4.90 Å². The second-order valence-corrected chi connectivity index (χ2v) is 4.94. The van der Waals surface area contributed by atoms with Gasteiger partial charge >= 0.3 is 0 Å². The lowest BCUT2D eigenvalue weighted by Gasteiger charge is -2.24. The van der Waals surface area contributed by atoms with Crippen molar-refractivity contribution in [2.24, 2.45) is 0 Å². The van der Waals surface area contributed by atoms with Crippen molar-refractivity contribution in [2.75, 3.05) is 13.1 Å². The second-order valence-electron chi connectivity index (χ2n) is 4.94. The molecule has 4 nitrogen and oxygen atoms in total. The molecule has 4 heteroatoms. The molecule has 0 spiro atoms. The average Bonchev–Trinajstić information content (AvgIpc) is 2.79. The van der Waals surface area contributed by atoms with Crippen LogP contribution in [0.25, 0.3) is 0 Å². The Balaban J connectivity index is 1.57. The largest absolute Gasteiger partial charge is 0.364 e. The first-order chi connectivity index (χ1) is 7.92. The van der Waals surface area contributed by atoms with Gasteiger partial charge in [-0.2, -0.15) is 0 Å². The van der Waals surface area contributed by atoms with E-state index in [4.69, 9.17) is 4.52 Å². The van der Waals surface area contributed by atoms with E-state index in [0.29, 0.717) is 6.04 Å². The van der Waals surface area contributed by atoms with E-state index in [9.17, 15) is 0 Å². The van der Waals surface area contributed by atoms with Crippen molar-refractivity contribution >= 4 is 0 Å². The molecule has 1 saturated heterocycles. The molecule has 88 valence electrons. The first kappa shape index (κ1) is 10.3. The maximum Gasteiger partial charge on any atom is 0.124 e. The van der Waals surface area contributed by atoms with Gasteiger partial charge in [-0.15, -0.1) is 0 Å². The van der Waals surface area contributed by atoms with Crippen LogP contribution in [-0.4, -0.2) is 35.2 Å². The summed E-state index contributed by atoms with van der Waals surface area (Å²) in [5, 5.41) is 7.57. The summed E-state index contributed by atoms with van der Waals surface area (Å²) in [5.41, 5.74) is 1.06. The fourth-order valence-electron chi connectivity index (χ4n) is 2.51. The van der Waals surface area contributed by atoms with Gasteiger partial charge in [0.1, 0.15) is 6.26 Å². The third-order valence-electron chi connectivity index (χ3n) is 3.54. The monoisotopic (exact) mass is 221 g/mol. The summed E-state index contributed by atoms with van der Waals surface area (Å²) in [7, 11) is 0. The van der Waals surface area contributed by atoms with E-state index < -0.39 is 0 Å². The van der Waals surface area contributed by atoms with Crippen molar-refractivity contribution in [2.45, 2.75) is 44.3 Å². The molecule has 2 aliphatic rings. The summed E-state index contributed by atoms with van der Waals surface area (Å²) in [5.74, 6) is 0. The van der Waals surface area contributed by atoms with Crippen molar-refractivity contribution < 1.29 is 4.52 Å². The van der Waals surface area contributed by atoms with Gasteiger partial charge in [0.2, 0.25) is 0 Å². The van der Waals surface area contributed by atoms with E-state index in [-0.39, 0.29) is 0 Å². The summed E-state index contributed by atoms with van der Waals surface area (Å²) in [4.78, 5) is 2.56. The van der Waals surface area contributed by atoms with Crippen LogP contribution < -0.4 is 5.32 Å². The van der Waals surface area contributed by atoms with Gasteiger partial charge in [-0.1, -0.05) is 5.16 Å². The third kappa shape index (κ3) is 2.44. The summed E-state index contributed by atoms with van der Waals surface area (Å²) in [6.07, 6.45) is 7.01. The zero-order chi connectivity index (χ0) is 10.8. The van der Waals surface area contributed by atoms with Crippen molar-refractivity contribution in [3.63, 3.8) is 0 Å². The van der Waals surface area contributed by atoms with Crippen molar-refractivity contribution in [1.82, 2.24) is 15.4 Å². The molecule has 1 aliphatic heterocycles. The number of rotatable bonds is 5. The van der Waals surface area contributed by atoms with E-state index in [0.717, 1.165) is 24.8 Å². The summed E-state index contributed by atoms with van der Waals surface area (Å²) in [6.45, 7) is 3.30. The fourth-order valence-corrected chi connectivity index (χ4v) is 2.51. The molecular formula is C12H19N3O. The smallest absolute Gasteiger partial charge is 0.124 e.